The Morgan fingerprint density at radius 3 is 1.90 bits per heavy atom. The Kier molecular flexibility index (Phi) is 5.73. The summed E-state index contributed by atoms with van der Waals surface area (Å²) >= 11 is 5.74. The van der Waals surface area contributed by atoms with Gasteiger partial charge in [0, 0.05) is 6.20 Å². The molecule has 1 rings (SSSR count). The first-order valence-electron chi connectivity index (χ1n) is 5.72. The lowest BCUT2D eigenvalue weighted by Crippen LogP contribution is -2.36. The van der Waals surface area contributed by atoms with Gasteiger partial charge in [-0.1, -0.05) is 11.6 Å². The second-order valence-electron chi connectivity index (χ2n) is 4.85. The Morgan fingerprint density at radius 2 is 1.57 bits per heavy atom. The summed E-state index contributed by atoms with van der Waals surface area (Å²) in [6.07, 6.45) is 3.18. The fourth-order valence-electron chi connectivity index (χ4n) is 1.40. The van der Waals surface area contributed by atoms with Crippen LogP contribution in [0.15, 0.2) is 18.3 Å². The summed E-state index contributed by atoms with van der Waals surface area (Å²) in [5.41, 5.74) is -0.671. The van der Waals surface area contributed by atoms with Gasteiger partial charge in [-0.2, -0.15) is 16.8 Å². The number of hydrogen-bond acceptors (Lipinski definition) is 7. The maximum Gasteiger partial charge on any atom is 0.264 e. The van der Waals surface area contributed by atoms with Crippen molar-refractivity contribution in [2.24, 2.45) is 0 Å². The molecule has 0 radical (unpaired) electrons. The highest BCUT2D eigenvalue weighted by Crippen LogP contribution is 2.25. The molecular formula is C11H16ClNO6S2. The van der Waals surface area contributed by atoms with Crippen molar-refractivity contribution in [2.75, 3.05) is 25.7 Å². The van der Waals surface area contributed by atoms with Gasteiger partial charge in [-0.3, -0.25) is 13.4 Å². The van der Waals surface area contributed by atoms with Crippen molar-refractivity contribution >= 4 is 31.8 Å². The van der Waals surface area contributed by atoms with Crippen molar-refractivity contribution in [1.82, 2.24) is 4.98 Å². The Labute approximate surface area is 129 Å². The summed E-state index contributed by atoms with van der Waals surface area (Å²) in [5, 5.41) is 0.397. The number of pyridine rings is 1. The van der Waals surface area contributed by atoms with Crippen molar-refractivity contribution in [3.05, 3.63) is 29.0 Å². The minimum atomic E-state index is -3.69. The van der Waals surface area contributed by atoms with Crippen LogP contribution in [0.1, 0.15) is 12.6 Å². The van der Waals surface area contributed by atoms with Crippen molar-refractivity contribution in [2.45, 2.75) is 12.3 Å². The molecule has 1 heterocycles. The largest absolute Gasteiger partial charge is 0.269 e. The quantitative estimate of drug-likeness (QED) is 0.669. The van der Waals surface area contributed by atoms with Gasteiger partial charge in [0.2, 0.25) is 0 Å². The van der Waals surface area contributed by atoms with Crippen LogP contribution < -0.4 is 0 Å². The number of rotatable bonds is 7. The Balaban J connectivity index is 3.05. The van der Waals surface area contributed by atoms with Gasteiger partial charge in [-0.15, -0.1) is 0 Å². The molecule has 1 aromatic heterocycles. The van der Waals surface area contributed by atoms with E-state index in [-0.39, 0.29) is 13.2 Å². The molecule has 0 fully saturated rings. The van der Waals surface area contributed by atoms with E-state index in [1.165, 1.54) is 6.20 Å². The fourth-order valence-corrected chi connectivity index (χ4v) is 2.46. The molecule has 10 heteroatoms. The normalized spacial score (nSPS) is 13.3. The van der Waals surface area contributed by atoms with E-state index in [1.54, 1.807) is 19.1 Å². The number of halogens is 1. The summed E-state index contributed by atoms with van der Waals surface area (Å²) < 4.78 is 54.1. The molecule has 7 nitrogen and oxygen atoms in total. The lowest BCUT2D eigenvalue weighted by atomic mass is 9.88. The summed E-state index contributed by atoms with van der Waals surface area (Å²) in [6.45, 7) is 0.964. The molecule has 0 atom stereocenters. The highest BCUT2D eigenvalue weighted by atomic mass is 35.5. The summed E-state index contributed by atoms with van der Waals surface area (Å²) in [5.74, 6) is 0. The Hall–Kier alpha value is -0.740. The third kappa shape index (κ3) is 6.70. The smallest absolute Gasteiger partial charge is 0.264 e. The van der Waals surface area contributed by atoms with Crippen molar-refractivity contribution in [3.63, 3.8) is 0 Å². The molecule has 0 aliphatic rings. The Bertz CT molecular complexity index is 648. The number of aromatic nitrogens is 1. The number of hydrogen-bond donors (Lipinski definition) is 0. The zero-order valence-corrected chi connectivity index (χ0v) is 14.1. The van der Waals surface area contributed by atoms with Crippen LogP contribution in [0.2, 0.25) is 5.02 Å². The van der Waals surface area contributed by atoms with Crippen LogP contribution in [0.25, 0.3) is 0 Å². The zero-order valence-electron chi connectivity index (χ0n) is 11.7. The third-order valence-corrected chi connectivity index (χ3v) is 3.84. The topological polar surface area (TPSA) is 99.6 Å². The maximum atomic E-state index is 11.1. The van der Waals surface area contributed by atoms with Gasteiger partial charge in [-0.05, 0) is 19.1 Å². The van der Waals surface area contributed by atoms with E-state index in [1.807, 2.05) is 0 Å². The first-order valence-corrected chi connectivity index (χ1v) is 9.73. The van der Waals surface area contributed by atoms with Crippen molar-refractivity contribution in [1.29, 1.82) is 0 Å². The van der Waals surface area contributed by atoms with Crippen LogP contribution in [-0.2, 0) is 34.0 Å². The molecule has 0 bridgehead atoms. The van der Waals surface area contributed by atoms with Crippen molar-refractivity contribution < 1.29 is 25.2 Å². The van der Waals surface area contributed by atoms with E-state index in [0.717, 1.165) is 12.5 Å². The van der Waals surface area contributed by atoms with E-state index in [2.05, 4.69) is 4.98 Å². The molecule has 0 saturated heterocycles. The van der Waals surface area contributed by atoms with Crippen LogP contribution in [0.3, 0.4) is 0 Å². The molecule has 0 aromatic carbocycles. The third-order valence-electron chi connectivity index (χ3n) is 2.53. The SMILES string of the molecule is CC(COS(C)(=O)=O)(COS(C)(=O)=O)c1ccc(Cl)cn1. The van der Waals surface area contributed by atoms with E-state index < -0.39 is 25.7 Å². The molecule has 120 valence electrons. The average molecular weight is 358 g/mol. The lowest BCUT2D eigenvalue weighted by molar-refractivity contribution is 0.161. The van der Waals surface area contributed by atoms with E-state index in [4.69, 9.17) is 20.0 Å². The molecule has 0 unspecified atom stereocenters. The number of nitrogens with zero attached hydrogens (tertiary/aromatic N) is 1. The van der Waals surface area contributed by atoms with Crippen LogP contribution >= 0.6 is 11.6 Å². The molecule has 0 saturated carbocycles. The minimum Gasteiger partial charge on any atom is -0.269 e. The van der Waals surface area contributed by atoms with Gasteiger partial charge >= 0.3 is 0 Å². The van der Waals surface area contributed by atoms with Crippen LogP contribution in [-0.4, -0.2) is 47.5 Å². The highest BCUT2D eigenvalue weighted by molar-refractivity contribution is 7.86. The second-order valence-corrected chi connectivity index (χ2v) is 8.58. The fraction of sp³-hybridized carbons (Fsp3) is 0.545. The average Bonchev–Trinajstić information content (AvgIpc) is 2.33. The van der Waals surface area contributed by atoms with Gasteiger partial charge in [0.15, 0.2) is 0 Å². The molecule has 1 aromatic rings. The van der Waals surface area contributed by atoms with Gasteiger partial charge in [0.25, 0.3) is 20.2 Å². The monoisotopic (exact) mass is 357 g/mol. The maximum absolute atomic E-state index is 11.1. The first kappa shape index (κ1) is 18.3. The van der Waals surface area contributed by atoms with Gasteiger partial charge in [-0.25, -0.2) is 0 Å². The van der Waals surface area contributed by atoms with Gasteiger partial charge in [0.1, 0.15) is 0 Å². The predicted molar refractivity (Wildman–Crippen MR) is 78.2 cm³/mol. The van der Waals surface area contributed by atoms with Crippen LogP contribution in [0.4, 0.5) is 0 Å². The summed E-state index contributed by atoms with van der Waals surface area (Å²) in [4.78, 5) is 4.07. The second kappa shape index (κ2) is 6.57. The zero-order chi connectivity index (χ0) is 16.3. The van der Waals surface area contributed by atoms with Crippen LogP contribution in [0.5, 0.6) is 0 Å². The van der Waals surface area contributed by atoms with Crippen LogP contribution in [0, 0.1) is 0 Å². The molecule has 0 aliphatic carbocycles. The Morgan fingerprint density at radius 1 is 1.10 bits per heavy atom. The molecule has 0 spiro atoms. The van der Waals surface area contributed by atoms with E-state index >= 15 is 0 Å². The van der Waals surface area contributed by atoms with E-state index in [0.29, 0.717) is 10.7 Å². The van der Waals surface area contributed by atoms with Gasteiger partial charge < -0.3 is 0 Å². The van der Waals surface area contributed by atoms with Gasteiger partial charge in [0.05, 0.1) is 41.9 Å². The minimum absolute atomic E-state index is 0.310. The summed E-state index contributed by atoms with van der Waals surface area (Å²) in [6, 6.07) is 3.11. The standard InChI is InChI=1S/C11H16ClNO6S2/c1-11(7-18-20(2,14)15,8-19-21(3,16)17)10-5-4-9(12)6-13-10/h4-6H,7-8H2,1-3H3. The molecule has 0 aliphatic heterocycles. The van der Waals surface area contributed by atoms with E-state index in [9.17, 15) is 16.8 Å². The molecular weight excluding hydrogens is 342 g/mol. The molecule has 21 heavy (non-hydrogen) atoms. The predicted octanol–water partition coefficient (Wildman–Crippen LogP) is 0.945. The highest BCUT2D eigenvalue weighted by Gasteiger charge is 2.32. The first-order chi connectivity index (χ1) is 9.41. The molecule has 0 amide bonds. The van der Waals surface area contributed by atoms with Crippen molar-refractivity contribution in [3.8, 4) is 0 Å². The lowest BCUT2D eigenvalue weighted by Gasteiger charge is -2.27. The molecule has 0 N–H and O–H groups in total. The summed E-state index contributed by atoms with van der Waals surface area (Å²) in [7, 11) is -7.37.